The summed E-state index contributed by atoms with van der Waals surface area (Å²) in [6, 6.07) is 0. The van der Waals surface area contributed by atoms with Gasteiger partial charge in [0, 0.05) is 27.2 Å². The first-order valence-corrected chi connectivity index (χ1v) is 15.4. The number of ketones is 1. The van der Waals surface area contributed by atoms with Gasteiger partial charge in [-0.2, -0.15) is 0 Å². The third-order valence-electron chi connectivity index (χ3n) is 11.0. The average Bonchev–Trinajstić information content (AvgIpc) is 3.26. The lowest BCUT2D eigenvalue weighted by Crippen LogP contribution is -2.64. The monoisotopic (exact) mass is 604 g/mol. The van der Waals surface area contributed by atoms with Crippen molar-refractivity contribution in [2.75, 3.05) is 7.11 Å². The van der Waals surface area contributed by atoms with Crippen molar-refractivity contribution in [3.63, 3.8) is 0 Å². The molecule has 5 aliphatic rings. The summed E-state index contributed by atoms with van der Waals surface area (Å²) in [6.45, 7) is 8.11. The van der Waals surface area contributed by atoms with E-state index in [2.05, 4.69) is 13.8 Å². The SMILES string of the molecule is COC(=O)C1OC(O[C@@H]2CC[C@@H]3[C@H]4CCC5=CC(=O)CC[C@@]5(C)[C@@H]4CC[C@]32C)C(OC(C)=O)C(OC(C)=O)C1OC(C)=O. The normalized spacial score (nSPS) is 42.0. The Hall–Kier alpha value is -2.79. The molecule has 0 spiro atoms. The molecule has 1 saturated heterocycles. The van der Waals surface area contributed by atoms with Gasteiger partial charge in [0.1, 0.15) is 0 Å². The van der Waals surface area contributed by atoms with E-state index >= 15 is 0 Å². The largest absolute Gasteiger partial charge is 0.467 e. The zero-order valence-corrected chi connectivity index (χ0v) is 25.9. The molecule has 1 heterocycles. The molecule has 43 heavy (non-hydrogen) atoms. The quantitative estimate of drug-likeness (QED) is 0.324. The lowest BCUT2D eigenvalue weighted by Gasteiger charge is -2.58. The molecular weight excluding hydrogens is 560 g/mol. The molecule has 5 rings (SSSR count). The highest BCUT2D eigenvalue weighted by Gasteiger charge is 2.62. The van der Waals surface area contributed by atoms with Crippen LogP contribution < -0.4 is 0 Å². The Kier molecular flexibility index (Phi) is 8.79. The molecule has 0 N–H and O–H groups in total. The number of fused-ring (bicyclic) bond motifs is 5. The van der Waals surface area contributed by atoms with Gasteiger partial charge in [-0.1, -0.05) is 19.4 Å². The molecule has 1 aliphatic heterocycles. The Bertz CT molecular complexity index is 1190. The maximum absolute atomic E-state index is 12.8. The van der Waals surface area contributed by atoms with Crippen LogP contribution in [0.5, 0.6) is 0 Å². The van der Waals surface area contributed by atoms with Crippen LogP contribution in [0, 0.1) is 28.6 Å². The number of carbonyl (C=O) groups excluding carboxylic acids is 5. The molecule has 11 heteroatoms. The molecule has 11 nitrogen and oxygen atoms in total. The maximum Gasteiger partial charge on any atom is 0.339 e. The highest BCUT2D eigenvalue weighted by Crippen LogP contribution is 2.65. The Morgan fingerprint density at radius 1 is 0.814 bits per heavy atom. The second kappa shape index (κ2) is 12.0. The Labute approximate surface area is 252 Å². The van der Waals surface area contributed by atoms with Gasteiger partial charge in [-0.05, 0) is 79.6 Å². The fraction of sp³-hybridized carbons (Fsp3) is 0.781. The Morgan fingerprint density at radius 2 is 1.47 bits per heavy atom. The molecule has 3 saturated carbocycles. The van der Waals surface area contributed by atoms with Gasteiger partial charge in [0.25, 0.3) is 0 Å². The molecule has 0 radical (unpaired) electrons. The number of esters is 4. The second-order valence-electron chi connectivity index (χ2n) is 13.4. The van der Waals surface area contributed by atoms with Gasteiger partial charge in [-0.25, -0.2) is 4.79 Å². The predicted molar refractivity (Wildman–Crippen MR) is 149 cm³/mol. The first-order valence-electron chi connectivity index (χ1n) is 15.4. The average molecular weight is 605 g/mol. The van der Waals surface area contributed by atoms with Crippen molar-refractivity contribution in [1.29, 1.82) is 0 Å². The predicted octanol–water partition coefficient (Wildman–Crippen LogP) is 3.60. The standard InChI is InChI=1S/C32H44O11/c1-16(33)39-25-26(40-17(2)34)28(41-18(3)35)30(43-27(25)29(37)38-6)42-24-10-9-22-21-8-7-19-15-20(36)11-13-31(19,4)23(21)12-14-32(22,24)5/h15,21-28,30H,7-14H2,1-6H3/t21-,22-,23-,24-,25?,26?,27?,28?,30?,31-,32-/m1/s1. The van der Waals surface area contributed by atoms with Crippen molar-refractivity contribution < 1.29 is 52.4 Å². The number of hydrogen-bond acceptors (Lipinski definition) is 11. The fourth-order valence-electron chi connectivity index (χ4n) is 9.09. The summed E-state index contributed by atoms with van der Waals surface area (Å²) < 4.78 is 34.2. The topological polar surface area (TPSA) is 141 Å². The van der Waals surface area contributed by atoms with Gasteiger partial charge in [0.05, 0.1) is 13.2 Å². The second-order valence-corrected chi connectivity index (χ2v) is 13.4. The van der Waals surface area contributed by atoms with Gasteiger partial charge in [0.2, 0.25) is 0 Å². The zero-order chi connectivity index (χ0) is 31.3. The number of allylic oxidation sites excluding steroid dienone is 1. The van der Waals surface area contributed by atoms with Crippen LogP contribution in [0.2, 0.25) is 0 Å². The molecule has 11 atom stereocenters. The molecular formula is C32H44O11. The lowest BCUT2D eigenvalue weighted by atomic mass is 9.47. The van der Waals surface area contributed by atoms with E-state index in [1.54, 1.807) is 0 Å². The first kappa shape index (κ1) is 31.6. The van der Waals surface area contributed by atoms with Gasteiger partial charge < -0.3 is 28.4 Å². The van der Waals surface area contributed by atoms with Crippen molar-refractivity contribution in [2.45, 2.75) is 123 Å². The van der Waals surface area contributed by atoms with E-state index < -0.39 is 54.6 Å². The van der Waals surface area contributed by atoms with Crippen LogP contribution in [-0.4, -0.2) is 73.6 Å². The maximum atomic E-state index is 12.8. The molecule has 0 aromatic carbocycles. The smallest absolute Gasteiger partial charge is 0.339 e. The van der Waals surface area contributed by atoms with E-state index in [4.69, 9.17) is 28.4 Å². The number of hydrogen-bond donors (Lipinski definition) is 0. The summed E-state index contributed by atoms with van der Waals surface area (Å²) in [5.41, 5.74) is 1.14. The summed E-state index contributed by atoms with van der Waals surface area (Å²) in [7, 11) is 1.17. The van der Waals surface area contributed by atoms with Crippen LogP contribution in [-0.2, 0) is 52.4 Å². The molecule has 0 aromatic heterocycles. The molecule has 0 aromatic rings. The van der Waals surface area contributed by atoms with Crippen LogP contribution in [0.1, 0.15) is 86.0 Å². The summed E-state index contributed by atoms with van der Waals surface area (Å²) in [4.78, 5) is 61.5. The summed E-state index contributed by atoms with van der Waals surface area (Å²) in [5.74, 6) is -1.38. The van der Waals surface area contributed by atoms with Gasteiger partial charge in [0.15, 0.2) is 36.5 Å². The summed E-state index contributed by atoms with van der Waals surface area (Å²) >= 11 is 0. The number of rotatable bonds is 6. The minimum atomic E-state index is -1.48. The Morgan fingerprint density at radius 3 is 2.12 bits per heavy atom. The van der Waals surface area contributed by atoms with Crippen molar-refractivity contribution in [3.8, 4) is 0 Å². The lowest BCUT2D eigenvalue weighted by molar-refractivity contribution is -0.317. The fourth-order valence-corrected chi connectivity index (χ4v) is 9.09. The minimum absolute atomic E-state index is 0.0424. The summed E-state index contributed by atoms with van der Waals surface area (Å²) in [6.07, 6.45) is 1.84. The summed E-state index contributed by atoms with van der Waals surface area (Å²) in [5, 5.41) is 0. The molecule has 4 aliphatic carbocycles. The van der Waals surface area contributed by atoms with E-state index in [9.17, 15) is 24.0 Å². The van der Waals surface area contributed by atoms with Crippen molar-refractivity contribution in [2.24, 2.45) is 28.6 Å². The molecule has 238 valence electrons. The van der Waals surface area contributed by atoms with E-state index in [0.29, 0.717) is 24.2 Å². The van der Waals surface area contributed by atoms with Crippen LogP contribution in [0.25, 0.3) is 0 Å². The highest BCUT2D eigenvalue weighted by atomic mass is 16.7. The third kappa shape index (κ3) is 5.75. The molecule has 0 amide bonds. The molecule has 4 fully saturated rings. The molecule has 0 bridgehead atoms. The minimum Gasteiger partial charge on any atom is -0.467 e. The van der Waals surface area contributed by atoms with Crippen LogP contribution in [0.4, 0.5) is 0 Å². The highest BCUT2D eigenvalue weighted by molar-refractivity contribution is 5.91. The van der Waals surface area contributed by atoms with Gasteiger partial charge >= 0.3 is 23.9 Å². The number of methoxy groups -OCH3 is 1. The van der Waals surface area contributed by atoms with Crippen molar-refractivity contribution >= 4 is 29.7 Å². The zero-order valence-electron chi connectivity index (χ0n) is 25.9. The van der Waals surface area contributed by atoms with Crippen LogP contribution >= 0.6 is 0 Å². The van der Waals surface area contributed by atoms with E-state index in [0.717, 1.165) is 51.9 Å². The number of carbonyl (C=O) groups is 5. The van der Waals surface area contributed by atoms with E-state index in [1.165, 1.54) is 26.5 Å². The van der Waals surface area contributed by atoms with E-state index in [1.807, 2.05) is 6.08 Å². The first-order chi connectivity index (χ1) is 20.3. The van der Waals surface area contributed by atoms with Crippen LogP contribution in [0.15, 0.2) is 11.6 Å². The van der Waals surface area contributed by atoms with E-state index in [-0.39, 0.29) is 22.7 Å². The van der Waals surface area contributed by atoms with Crippen molar-refractivity contribution in [1.82, 2.24) is 0 Å². The van der Waals surface area contributed by atoms with Gasteiger partial charge in [-0.15, -0.1) is 0 Å². The van der Waals surface area contributed by atoms with Crippen LogP contribution in [0.3, 0.4) is 0 Å². The Balaban J connectivity index is 1.42. The number of ether oxygens (including phenoxy) is 6. The third-order valence-corrected chi connectivity index (χ3v) is 11.0. The van der Waals surface area contributed by atoms with Gasteiger partial charge in [-0.3, -0.25) is 19.2 Å². The van der Waals surface area contributed by atoms with Crippen molar-refractivity contribution in [3.05, 3.63) is 11.6 Å². The molecule has 5 unspecified atom stereocenters.